The topological polar surface area (TPSA) is 60.7 Å². The number of phenolic OH excluding ortho intramolecular Hbond substituents is 1. The molecule has 23 heavy (non-hydrogen) atoms. The van der Waals surface area contributed by atoms with Gasteiger partial charge < -0.3 is 15.3 Å². The third kappa shape index (κ3) is 3.96. The number of phenols is 1. The van der Waals surface area contributed by atoms with E-state index < -0.39 is 6.10 Å². The summed E-state index contributed by atoms with van der Waals surface area (Å²) in [6.07, 6.45) is 4.28. The van der Waals surface area contributed by atoms with Crippen molar-refractivity contribution in [3.63, 3.8) is 0 Å². The lowest BCUT2D eigenvalue weighted by Gasteiger charge is -2.38. The molecule has 1 aliphatic carbocycles. The molecule has 3 heteroatoms. The molecule has 0 aromatic heterocycles. The van der Waals surface area contributed by atoms with E-state index in [1.165, 1.54) is 5.57 Å². The minimum Gasteiger partial charge on any atom is -0.508 e. The molecule has 1 aromatic rings. The summed E-state index contributed by atoms with van der Waals surface area (Å²) in [6.45, 7) is 8.29. The summed E-state index contributed by atoms with van der Waals surface area (Å²) in [4.78, 5) is 0. The molecule has 1 aromatic carbocycles. The van der Waals surface area contributed by atoms with Gasteiger partial charge in [0.2, 0.25) is 0 Å². The quantitative estimate of drug-likeness (QED) is 0.719. The first-order valence-corrected chi connectivity index (χ1v) is 8.60. The minimum atomic E-state index is -0.470. The Balaban J connectivity index is 2.35. The Bertz CT molecular complexity index is 572. The van der Waals surface area contributed by atoms with Gasteiger partial charge in [-0.3, -0.25) is 0 Å². The largest absolute Gasteiger partial charge is 0.508 e. The molecular formula is C20H30O3. The van der Waals surface area contributed by atoms with Crippen LogP contribution in [0.5, 0.6) is 5.75 Å². The van der Waals surface area contributed by atoms with Crippen LogP contribution in [0.4, 0.5) is 0 Å². The second-order valence-electron chi connectivity index (χ2n) is 7.33. The first-order chi connectivity index (χ1) is 10.8. The summed E-state index contributed by atoms with van der Waals surface area (Å²) in [5, 5.41) is 30.7. The van der Waals surface area contributed by atoms with Crippen LogP contribution in [0.3, 0.4) is 0 Å². The lowest BCUT2D eigenvalue weighted by Crippen LogP contribution is -2.33. The molecule has 0 saturated carbocycles. The normalized spacial score (nSPS) is 24.9. The molecule has 0 aliphatic heterocycles. The van der Waals surface area contributed by atoms with Gasteiger partial charge in [0.1, 0.15) is 5.75 Å². The lowest BCUT2D eigenvalue weighted by atomic mass is 9.69. The minimum absolute atomic E-state index is 0.0177. The molecule has 3 nitrogen and oxygen atoms in total. The molecule has 4 atom stereocenters. The fourth-order valence-electron chi connectivity index (χ4n) is 3.96. The molecule has 3 N–H and O–H groups in total. The van der Waals surface area contributed by atoms with Crippen molar-refractivity contribution in [1.82, 2.24) is 0 Å². The van der Waals surface area contributed by atoms with Crippen LogP contribution in [0.2, 0.25) is 0 Å². The Labute approximate surface area is 139 Å². The van der Waals surface area contributed by atoms with E-state index in [-0.39, 0.29) is 24.2 Å². The predicted octanol–water partition coefficient (Wildman–Crippen LogP) is 4.01. The Morgan fingerprint density at radius 3 is 2.65 bits per heavy atom. The highest BCUT2D eigenvalue weighted by atomic mass is 16.3. The van der Waals surface area contributed by atoms with Crippen LogP contribution in [0.1, 0.15) is 68.6 Å². The van der Waals surface area contributed by atoms with Gasteiger partial charge in [-0.05, 0) is 63.1 Å². The summed E-state index contributed by atoms with van der Waals surface area (Å²) in [7, 11) is 0. The number of aromatic hydroxyl groups is 1. The van der Waals surface area contributed by atoms with Crippen molar-refractivity contribution in [3.05, 3.63) is 40.5 Å². The molecule has 0 radical (unpaired) electrons. The number of aliphatic hydroxyl groups excluding tert-OH is 2. The fraction of sp³-hybridized carbons (Fsp3) is 0.600. The number of hydrogen-bond donors (Lipinski definition) is 3. The summed E-state index contributed by atoms with van der Waals surface area (Å²) >= 11 is 0. The van der Waals surface area contributed by atoms with Gasteiger partial charge in [-0.1, -0.05) is 24.6 Å². The number of hydrogen-bond acceptors (Lipinski definition) is 3. The Kier molecular flexibility index (Phi) is 5.88. The van der Waals surface area contributed by atoms with Gasteiger partial charge in [-0.2, -0.15) is 0 Å². The second kappa shape index (κ2) is 7.50. The number of benzene rings is 1. The van der Waals surface area contributed by atoms with Crippen molar-refractivity contribution in [2.45, 2.75) is 64.9 Å². The fourth-order valence-corrected chi connectivity index (χ4v) is 3.96. The molecule has 0 amide bonds. The van der Waals surface area contributed by atoms with Crippen molar-refractivity contribution >= 4 is 0 Å². The van der Waals surface area contributed by atoms with Crippen molar-refractivity contribution < 1.29 is 15.3 Å². The van der Waals surface area contributed by atoms with Crippen LogP contribution in [0, 0.1) is 12.8 Å². The average Bonchev–Trinajstić information content (AvgIpc) is 2.44. The maximum Gasteiger partial charge on any atom is 0.119 e. The maximum absolute atomic E-state index is 10.7. The van der Waals surface area contributed by atoms with E-state index in [1.807, 2.05) is 6.92 Å². The van der Waals surface area contributed by atoms with Gasteiger partial charge in [0.15, 0.2) is 0 Å². The first kappa shape index (κ1) is 18.0. The highest BCUT2D eigenvalue weighted by Crippen LogP contribution is 2.47. The van der Waals surface area contributed by atoms with Crippen LogP contribution >= 0.6 is 0 Å². The molecule has 0 spiro atoms. The van der Waals surface area contributed by atoms with Gasteiger partial charge in [-0.15, -0.1) is 0 Å². The van der Waals surface area contributed by atoms with Crippen LogP contribution in [0.15, 0.2) is 23.8 Å². The van der Waals surface area contributed by atoms with Crippen LogP contribution in [-0.4, -0.2) is 28.0 Å². The average molecular weight is 318 g/mol. The Morgan fingerprint density at radius 1 is 1.35 bits per heavy atom. The van der Waals surface area contributed by atoms with E-state index >= 15 is 0 Å². The monoisotopic (exact) mass is 318 g/mol. The van der Waals surface area contributed by atoms with Gasteiger partial charge in [0.05, 0.1) is 12.7 Å². The predicted molar refractivity (Wildman–Crippen MR) is 93.9 cm³/mol. The van der Waals surface area contributed by atoms with Crippen molar-refractivity contribution in [2.24, 2.45) is 5.92 Å². The molecule has 0 unspecified atom stereocenters. The second-order valence-corrected chi connectivity index (χ2v) is 7.33. The van der Waals surface area contributed by atoms with Crippen LogP contribution in [-0.2, 0) is 0 Å². The SMILES string of the molecule is CC(C)=CCC[C@H](C)[C@H]1c2cc(C)cc(O)c2[C@@H](CO)C[C@H]1O. The number of rotatable bonds is 5. The first-order valence-electron chi connectivity index (χ1n) is 8.60. The van der Waals surface area contributed by atoms with Crippen molar-refractivity contribution in [1.29, 1.82) is 0 Å². The van der Waals surface area contributed by atoms with Gasteiger partial charge >= 0.3 is 0 Å². The maximum atomic E-state index is 10.7. The zero-order chi connectivity index (χ0) is 17.1. The molecule has 128 valence electrons. The molecular weight excluding hydrogens is 288 g/mol. The lowest BCUT2D eigenvalue weighted by molar-refractivity contribution is 0.0782. The van der Waals surface area contributed by atoms with Gasteiger partial charge in [0, 0.05) is 17.4 Å². The summed E-state index contributed by atoms with van der Waals surface area (Å²) in [5.41, 5.74) is 4.16. The van der Waals surface area contributed by atoms with E-state index in [0.29, 0.717) is 12.3 Å². The van der Waals surface area contributed by atoms with Crippen molar-refractivity contribution in [3.8, 4) is 5.75 Å². The standard InChI is InChI=1S/C20H30O3/c1-12(2)6-5-7-14(4)19-16-8-13(3)9-17(22)20(16)15(11-21)10-18(19)23/h6,8-9,14-15,18-19,21-23H,5,7,10-11H2,1-4H3/t14-,15+,18+,19-/m0/s1. The zero-order valence-corrected chi connectivity index (χ0v) is 14.7. The number of allylic oxidation sites excluding steroid dienone is 2. The molecule has 0 fully saturated rings. The third-order valence-corrected chi connectivity index (χ3v) is 5.05. The highest BCUT2D eigenvalue weighted by molar-refractivity contribution is 5.49. The summed E-state index contributed by atoms with van der Waals surface area (Å²) in [6, 6.07) is 3.83. The molecule has 1 aliphatic rings. The Morgan fingerprint density at radius 2 is 2.04 bits per heavy atom. The van der Waals surface area contributed by atoms with E-state index in [1.54, 1.807) is 6.07 Å². The number of fused-ring (bicyclic) bond motifs is 1. The number of aryl methyl sites for hydroxylation is 1. The zero-order valence-electron chi connectivity index (χ0n) is 14.7. The van der Waals surface area contributed by atoms with Crippen LogP contribution in [0.25, 0.3) is 0 Å². The van der Waals surface area contributed by atoms with Crippen LogP contribution < -0.4 is 0 Å². The Hall–Kier alpha value is -1.32. The molecule has 0 saturated heterocycles. The van der Waals surface area contributed by atoms with E-state index in [2.05, 4.69) is 32.9 Å². The molecule has 2 rings (SSSR count). The molecule has 0 bridgehead atoms. The third-order valence-electron chi connectivity index (χ3n) is 5.05. The van der Waals surface area contributed by atoms with Gasteiger partial charge in [0.25, 0.3) is 0 Å². The summed E-state index contributed by atoms with van der Waals surface area (Å²) < 4.78 is 0. The number of aliphatic hydroxyl groups is 2. The van der Waals surface area contributed by atoms with Gasteiger partial charge in [-0.25, -0.2) is 0 Å². The van der Waals surface area contributed by atoms with E-state index in [0.717, 1.165) is 29.5 Å². The summed E-state index contributed by atoms with van der Waals surface area (Å²) in [5.74, 6) is 0.415. The van der Waals surface area contributed by atoms with Crippen molar-refractivity contribution in [2.75, 3.05) is 6.61 Å². The smallest absolute Gasteiger partial charge is 0.119 e. The van der Waals surface area contributed by atoms with E-state index in [9.17, 15) is 15.3 Å². The highest BCUT2D eigenvalue weighted by Gasteiger charge is 2.38. The van der Waals surface area contributed by atoms with E-state index in [4.69, 9.17) is 0 Å². The molecule has 0 heterocycles.